The van der Waals surface area contributed by atoms with Crippen LogP contribution in [0.4, 0.5) is 0 Å². The summed E-state index contributed by atoms with van der Waals surface area (Å²) in [6, 6.07) is 0. The Bertz CT molecular complexity index is 906. The lowest BCUT2D eigenvalue weighted by atomic mass is 9.97. The van der Waals surface area contributed by atoms with Gasteiger partial charge in [0.1, 0.15) is 4.83 Å². The lowest BCUT2D eigenvalue weighted by Crippen LogP contribution is -2.41. The minimum atomic E-state index is -0.275. The Kier molecular flexibility index (Phi) is 5.58. The molecule has 1 aliphatic rings. The molecule has 7 heteroatoms. The van der Waals surface area contributed by atoms with E-state index in [1.807, 2.05) is 20.8 Å². The first-order valence-corrected chi connectivity index (χ1v) is 10.7. The number of allylic oxidation sites excluding steroid dienone is 1. The summed E-state index contributed by atoms with van der Waals surface area (Å²) < 4.78 is 1.64. The van der Waals surface area contributed by atoms with Crippen molar-refractivity contribution >= 4 is 39.2 Å². The summed E-state index contributed by atoms with van der Waals surface area (Å²) in [6.45, 7) is 10.0. The van der Waals surface area contributed by atoms with E-state index in [1.54, 1.807) is 22.0 Å². The van der Waals surface area contributed by atoms with Gasteiger partial charge in [0.05, 0.1) is 11.1 Å². The first-order chi connectivity index (χ1) is 12.3. The van der Waals surface area contributed by atoms with Crippen LogP contribution in [0.5, 0.6) is 0 Å². The highest BCUT2D eigenvalue weighted by Gasteiger charge is 2.22. The quantitative estimate of drug-likeness (QED) is 0.481. The Morgan fingerprint density at radius 3 is 2.81 bits per heavy atom. The van der Waals surface area contributed by atoms with Crippen LogP contribution < -0.4 is 10.9 Å². The van der Waals surface area contributed by atoms with Crippen LogP contribution in [0.2, 0.25) is 0 Å². The SMILES string of the molecule is C=CCn1c(SCC(=O)NC(C)(C)C)nc2sc3c(c2c1=O)CCCC3. The van der Waals surface area contributed by atoms with Crippen molar-refractivity contribution in [2.24, 2.45) is 0 Å². The van der Waals surface area contributed by atoms with E-state index in [1.165, 1.54) is 28.6 Å². The number of amides is 1. The van der Waals surface area contributed by atoms with Gasteiger partial charge in [-0.1, -0.05) is 17.8 Å². The van der Waals surface area contributed by atoms with E-state index >= 15 is 0 Å². The molecule has 0 spiro atoms. The minimum Gasteiger partial charge on any atom is -0.351 e. The van der Waals surface area contributed by atoms with Crippen molar-refractivity contribution in [1.82, 2.24) is 14.9 Å². The molecule has 140 valence electrons. The van der Waals surface area contributed by atoms with Gasteiger partial charge in [0, 0.05) is 17.0 Å². The van der Waals surface area contributed by atoms with E-state index in [9.17, 15) is 9.59 Å². The van der Waals surface area contributed by atoms with Crippen molar-refractivity contribution in [3.8, 4) is 0 Å². The van der Waals surface area contributed by atoms with Gasteiger partial charge in [-0.05, 0) is 52.0 Å². The number of hydrogen-bond acceptors (Lipinski definition) is 5. The van der Waals surface area contributed by atoms with Crippen molar-refractivity contribution < 1.29 is 4.79 Å². The average Bonchev–Trinajstić information content (AvgIpc) is 2.92. The van der Waals surface area contributed by atoms with Gasteiger partial charge >= 0.3 is 0 Å². The number of thioether (sulfide) groups is 1. The summed E-state index contributed by atoms with van der Waals surface area (Å²) in [5.41, 5.74) is 0.907. The van der Waals surface area contributed by atoms with Crippen LogP contribution >= 0.6 is 23.1 Å². The number of aromatic nitrogens is 2. The summed E-state index contributed by atoms with van der Waals surface area (Å²) in [5.74, 6) is 0.171. The van der Waals surface area contributed by atoms with Gasteiger partial charge in [-0.25, -0.2) is 4.98 Å². The average molecular weight is 392 g/mol. The summed E-state index contributed by atoms with van der Waals surface area (Å²) in [4.78, 5) is 32.1. The van der Waals surface area contributed by atoms with Crippen molar-refractivity contribution in [2.45, 2.75) is 63.7 Å². The Morgan fingerprint density at radius 1 is 1.38 bits per heavy atom. The summed E-state index contributed by atoms with van der Waals surface area (Å²) in [6.07, 6.45) is 6.00. The van der Waals surface area contributed by atoms with E-state index in [0.717, 1.165) is 29.5 Å². The van der Waals surface area contributed by atoms with Crippen LogP contribution in [0, 0.1) is 0 Å². The van der Waals surface area contributed by atoms with Gasteiger partial charge in [-0.15, -0.1) is 17.9 Å². The Balaban J connectivity index is 1.96. The summed E-state index contributed by atoms with van der Waals surface area (Å²) in [7, 11) is 0. The zero-order chi connectivity index (χ0) is 18.9. The number of aryl methyl sites for hydroxylation is 2. The number of fused-ring (bicyclic) bond motifs is 3. The van der Waals surface area contributed by atoms with E-state index < -0.39 is 0 Å². The smallest absolute Gasteiger partial charge is 0.263 e. The summed E-state index contributed by atoms with van der Waals surface area (Å²) in [5, 5.41) is 4.30. The molecule has 5 nitrogen and oxygen atoms in total. The second-order valence-corrected chi connectivity index (χ2v) is 9.60. The maximum absolute atomic E-state index is 13.1. The van der Waals surface area contributed by atoms with E-state index in [-0.39, 0.29) is 22.8 Å². The van der Waals surface area contributed by atoms with Crippen LogP contribution in [0.15, 0.2) is 22.6 Å². The molecule has 1 aliphatic carbocycles. The molecule has 1 N–H and O–H groups in total. The number of carbonyl (C=O) groups excluding carboxylic acids is 1. The fraction of sp³-hybridized carbons (Fsp3) is 0.526. The van der Waals surface area contributed by atoms with Crippen LogP contribution in [-0.4, -0.2) is 26.8 Å². The highest BCUT2D eigenvalue weighted by atomic mass is 32.2. The molecule has 0 atom stereocenters. The third kappa shape index (κ3) is 4.04. The molecule has 2 aromatic heterocycles. The number of thiophene rings is 1. The monoisotopic (exact) mass is 391 g/mol. The van der Waals surface area contributed by atoms with Gasteiger partial charge < -0.3 is 5.32 Å². The molecule has 0 radical (unpaired) electrons. The molecular formula is C19H25N3O2S2. The topological polar surface area (TPSA) is 64.0 Å². The molecule has 0 fully saturated rings. The molecule has 0 aliphatic heterocycles. The predicted molar refractivity (Wildman–Crippen MR) is 109 cm³/mol. The van der Waals surface area contributed by atoms with Crippen LogP contribution in [0.1, 0.15) is 44.1 Å². The Hall–Kier alpha value is -1.60. The lowest BCUT2D eigenvalue weighted by molar-refractivity contribution is -0.119. The first-order valence-electron chi connectivity index (χ1n) is 8.90. The maximum atomic E-state index is 13.1. The van der Waals surface area contributed by atoms with Crippen LogP contribution in [-0.2, 0) is 24.2 Å². The zero-order valence-electron chi connectivity index (χ0n) is 15.6. The second kappa shape index (κ2) is 7.56. The molecule has 2 aromatic rings. The number of hydrogen-bond donors (Lipinski definition) is 1. The molecule has 0 saturated carbocycles. The molecule has 1 amide bonds. The zero-order valence-corrected chi connectivity index (χ0v) is 17.2. The van der Waals surface area contributed by atoms with Crippen LogP contribution in [0.3, 0.4) is 0 Å². The molecule has 2 heterocycles. The Morgan fingerprint density at radius 2 is 2.12 bits per heavy atom. The van der Waals surface area contributed by atoms with E-state index in [2.05, 4.69) is 11.9 Å². The third-order valence-corrected chi connectivity index (χ3v) is 6.36. The van der Waals surface area contributed by atoms with Gasteiger partial charge in [-0.2, -0.15) is 0 Å². The number of nitrogens with one attached hydrogen (secondary N) is 1. The van der Waals surface area contributed by atoms with Gasteiger partial charge in [0.2, 0.25) is 5.91 Å². The highest BCUT2D eigenvalue weighted by molar-refractivity contribution is 7.99. The number of carbonyl (C=O) groups is 1. The normalized spacial score (nSPS) is 14.3. The molecule has 26 heavy (non-hydrogen) atoms. The van der Waals surface area contributed by atoms with Crippen molar-refractivity contribution in [2.75, 3.05) is 5.75 Å². The molecule has 0 bridgehead atoms. The van der Waals surface area contributed by atoms with E-state index in [0.29, 0.717) is 11.7 Å². The molecular weight excluding hydrogens is 366 g/mol. The minimum absolute atomic E-state index is 0.00645. The second-order valence-electron chi connectivity index (χ2n) is 7.58. The maximum Gasteiger partial charge on any atom is 0.263 e. The fourth-order valence-electron chi connectivity index (χ4n) is 3.20. The fourth-order valence-corrected chi connectivity index (χ4v) is 5.32. The highest BCUT2D eigenvalue weighted by Crippen LogP contribution is 2.34. The standard InChI is InChI=1S/C19H25N3O2S2/c1-5-10-22-17(24)15-12-8-6-7-9-13(12)26-16(15)20-18(22)25-11-14(23)21-19(2,3)4/h5H,1,6-11H2,2-4H3,(H,21,23). The first kappa shape index (κ1) is 19.2. The third-order valence-electron chi connectivity index (χ3n) is 4.20. The van der Waals surface area contributed by atoms with E-state index in [4.69, 9.17) is 4.98 Å². The number of rotatable bonds is 5. The predicted octanol–water partition coefficient (Wildman–Crippen LogP) is 3.53. The van der Waals surface area contributed by atoms with Gasteiger partial charge in [0.15, 0.2) is 5.16 Å². The number of nitrogens with zero attached hydrogens (tertiary/aromatic N) is 2. The molecule has 3 rings (SSSR count). The van der Waals surface area contributed by atoms with Crippen molar-refractivity contribution in [3.05, 3.63) is 33.4 Å². The van der Waals surface area contributed by atoms with Gasteiger partial charge in [0.25, 0.3) is 5.56 Å². The lowest BCUT2D eigenvalue weighted by Gasteiger charge is -2.20. The van der Waals surface area contributed by atoms with Gasteiger partial charge in [-0.3, -0.25) is 14.2 Å². The largest absolute Gasteiger partial charge is 0.351 e. The molecule has 0 unspecified atom stereocenters. The van der Waals surface area contributed by atoms with Crippen molar-refractivity contribution in [3.63, 3.8) is 0 Å². The Labute approximate surface area is 161 Å². The summed E-state index contributed by atoms with van der Waals surface area (Å²) >= 11 is 2.94. The van der Waals surface area contributed by atoms with Crippen LogP contribution in [0.25, 0.3) is 10.2 Å². The molecule has 0 saturated heterocycles. The molecule has 0 aromatic carbocycles. The van der Waals surface area contributed by atoms with Crippen molar-refractivity contribution in [1.29, 1.82) is 0 Å².